The van der Waals surface area contributed by atoms with Gasteiger partial charge < -0.3 is 34.1 Å². The van der Waals surface area contributed by atoms with Gasteiger partial charge >= 0.3 is 12.1 Å². The van der Waals surface area contributed by atoms with Gasteiger partial charge in [-0.3, -0.25) is 5.32 Å². The number of carbonyl (C=O) groups is 2. The summed E-state index contributed by atoms with van der Waals surface area (Å²) in [4.78, 5) is 39.6. The highest BCUT2D eigenvalue weighted by Gasteiger charge is 2.46. The van der Waals surface area contributed by atoms with Gasteiger partial charge in [0.05, 0.1) is 24.1 Å². The average molecular weight is 823 g/mol. The first-order chi connectivity index (χ1) is 26.8. The predicted molar refractivity (Wildman–Crippen MR) is 232 cm³/mol. The fourth-order valence-electron chi connectivity index (χ4n) is 7.38. The summed E-state index contributed by atoms with van der Waals surface area (Å²) in [5.74, 6) is 1.63. The molecule has 16 heteroatoms. The second kappa shape index (κ2) is 18.3. The molecule has 0 spiro atoms. The van der Waals surface area contributed by atoms with Crippen molar-refractivity contribution < 1.29 is 28.5 Å². The van der Waals surface area contributed by atoms with Crippen molar-refractivity contribution in [2.45, 2.75) is 128 Å². The summed E-state index contributed by atoms with van der Waals surface area (Å²) in [5.41, 5.74) is 3.23. The summed E-state index contributed by atoms with van der Waals surface area (Å²) in [7, 11) is -1.16. The van der Waals surface area contributed by atoms with E-state index in [1.54, 1.807) is 25.5 Å². The Morgan fingerprint density at radius 3 is 2.09 bits per heavy atom. The Morgan fingerprint density at radius 2 is 1.58 bits per heavy atom. The van der Waals surface area contributed by atoms with E-state index in [1.165, 1.54) is 0 Å². The van der Waals surface area contributed by atoms with Crippen molar-refractivity contribution in [3.63, 3.8) is 0 Å². The van der Waals surface area contributed by atoms with Crippen molar-refractivity contribution in [3.8, 4) is 11.1 Å². The second-order valence-electron chi connectivity index (χ2n) is 18.7. The Kier molecular flexibility index (Phi) is 14.2. The van der Waals surface area contributed by atoms with Gasteiger partial charge in [-0.15, -0.1) is 0 Å². The smallest absolute Gasteiger partial charge is 0.410 e. The van der Waals surface area contributed by atoms with E-state index < -0.39 is 21.7 Å². The molecule has 5 heterocycles. The van der Waals surface area contributed by atoms with E-state index in [1.807, 2.05) is 43.2 Å². The number of fused-ring (bicyclic) bond motifs is 3. The number of urea groups is 1. The van der Waals surface area contributed by atoms with Crippen LogP contribution in [0.1, 0.15) is 70.6 Å². The van der Waals surface area contributed by atoms with Crippen LogP contribution >= 0.6 is 0 Å². The number of hydrogen-bond acceptors (Lipinski definition) is 10. The van der Waals surface area contributed by atoms with Crippen molar-refractivity contribution in [2.75, 3.05) is 50.5 Å². The van der Waals surface area contributed by atoms with E-state index in [-0.39, 0.29) is 43.6 Å². The Hall–Kier alpha value is -4.00. The SMILES string of the molecule is C=C(OCC)c1c(C2CC3CCC(C2)N3C(=O)OC(C)(C)C)nc2c(-c3ccc(NC(=O)NC)nc3)cnn2c1N(COCC[Si](C)(C)C)COCC[Si](C)(C)C. The van der Waals surface area contributed by atoms with Crippen LogP contribution in [0.25, 0.3) is 22.5 Å². The van der Waals surface area contributed by atoms with Gasteiger partial charge in [-0.2, -0.15) is 9.61 Å². The third-order valence-electron chi connectivity index (χ3n) is 10.3. The highest BCUT2D eigenvalue weighted by molar-refractivity contribution is 6.76. The molecule has 2 fully saturated rings. The van der Waals surface area contributed by atoms with Gasteiger partial charge in [0.1, 0.15) is 36.5 Å². The average Bonchev–Trinajstić information content (AvgIpc) is 3.66. The topological polar surface area (TPSA) is 145 Å². The lowest BCUT2D eigenvalue weighted by Gasteiger charge is -2.40. The van der Waals surface area contributed by atoms with Crippen molar-refractivity contribution in [3.05, 3.63) is 42.4 Å². The Bertz CT molecular complexity index is 1830. The minimum absolute atomic E-state index is 0.0122. The van der Waals surface area contributed by atoms with Crippen LogP contribution in [0.2, 0.25) is 51.4 Å². The number of nitrogens with one attached hydrogen (secondary N) is 2. The molecular weight excluding hydrogens is 757 g/mol. The summed E-state index contributed by atoms with van der Waals surface area (Å²) >= 11 is 0. The molecule has 2 aliphatic heterocycles. The zero-order chi connectivity index (χ0) is 41.7. The van der Waals surface area contributed by atoms with E-state index in [0.717, 1.165) is 66.0 Å². The first kappa shape index (κ1) is 44.1. The van der Waals surface area contributed by atoms with Gasteiger partial charge in [-0.1, -0.05) is 45.9 Å². The highest BCUT2D eigenvalue weighted by Crippen LogP contribution is 2.47. The molecule has 0 aromatic carbocycles. The van der Waals surface area contributed by atoms with Crippen LogP contribution in [0, 0.1) is 0 Å². The quantitative estimate of drug-likeness (QED) is 0.0588. The number of rotatable bonds is 17. The molecular formula is C41H66N8O6Si2. The first-order valence-electron chi connectivity index (χ1n) is 20.4. The molecule has 0 radical (unpaired) electrons. The third kappa shape index (κ3) is 11.6. The standard InChI is InChI=1S/C41H66N8O6Si2/c1-13-54-28(2)35-36(30-22-31-15-16-32(23-30)48(31)40(51)55-41(3,4)5)46-37-33(29-14-17-34(43-24-29)45-39(50)42-6)25-44-49(37)38(35)47(26-52-18-20-56(7,8)9)27-53-19-21-57(10,11)12/h14,17,24-25,30-32H,2,13,15-16,18-23,26-27H2,1,3-12H3,(H2,42,43,45,50). The summed E-state index contributed by atoms with van der Waals surface area (Å²) in [6, 6.07) is 5.38. The van der Waals surface area contributed by atoms with Gasteiger partial charge in [0.15, 0.2) is 5.65 Å². The normalized spacial score (nSPS) is 18.4. The maximum atomic E-state index is 13.5. The Labute approximate surface area is 341 Å². The predicted octanol–water partition coefficient (Wildman–Crippen LogP) is 8.63. The lowest BCUT2D eigenvalue weighted by molar-refractivity contribution is 0.00566. The van der Waals surface area contributed by atoms with Crippen molar-refractivity contribution in [2.24, 2.45) is 0 Å². The Morgan fingerprint density at radius 1 is 0.965 bits per heavy atom. The van der Waals surface area contributed by atoms with E-state index in [9.17, 15) is 9.59 Å². The molecule has 57 heavy (non-hydrogen) atoms. The molecule has 14 nitrogen and oxygen atoms in total. The van der Waals surface area contributed by atoms with Gasteiger partial charge in [0, 0.05) is 71.7 Å². The highest BCUT2D eigenvalue weighted by atomic mass is 28.3. The van der Waals surface area contributed by atoms with E-state index in [0.29, 0.717) is 37.0 Å². The monoisotopic (exact) mass is 822 g/mol. The molecule has 2 atom stereocenters. The van der Waals surface area contributed by atoms with Crippen LogP contribution in [-0.4, -0.2) is 111 Å². The molecule has 2 saturated heterocycles. The van der Waals surface area contributed by atoms with E-state index in [4.69, 9.17) is 29.0 Å². The lowest BCUT2D eigenvalue weighted by atomic mass is 9.85. The molecule has 0 saturated carbocycles. The molecule has 0 aliphatic carbocycles. The van der Waals surface area contributed by atoms with Crippen LogP contribution in [0.3, 0.4) is 0 Å². The summed E-state index contributed by atoms with van der Waals surface area (Å²) in [6.45, 7) is 28.4. The van der Waals surface area contributed by atoms with Crippen molar-refractivity contribution in [1.29, 1.82) is 0 Å². The van der Waals surface area contributed by atoms with Gasteiger partial charge in [0.25, 0.3) is 0 Å². The van der Waals surface area contributed by atoms with Crippen molar-refractivity contribution >= 4 is 51.3 Å². The maximum absolute atomic E-state index is 13.5. The van der Waals surface area contributed by atoms with Crippen LogP contribution in [0.15, 0.2) is 31.1 Å². The van der Waals surface area contributed by atoms with Crippen LogP contribution in [0.4, 0.5) is 21.2 Å². The number of anilines is 2. The van der Waals surface area contributed by atoms with Gasteiger partial charge in [-0.05, 0) is 77.6 Å². The van der Waals surface area contributed by atoms with Crippen LogP contribution < -0.4 is 15.5 Å². The molecule has 2 aliphatic rings. The number of hydrogen-bond donors (Lipinski definition) is 2. The molecule has 5 rings (SSSR count). The first-order valence-corrected chi connectivity index (χ1v) is 27.8. The van der Waals surface area contributed by atoms with Gasteiger partial charge in [-0.25, -0.2) is 19.6 Å². The summed E-state index contributed by atoms with van der Waals surface area (Å²) in [5, 5.41) is 10.3. The zero-order valence-electron chi connectivity index (χ0n) is 36.2. The molecule has 2 unspecified atom stereocenters. The molecule has 2 N–H and O–H groups in total. The molecule has 3 amide bonds. The van der Waals surface area contributed by atoms with E-state index >= 15 is 0 Å². The number of carbonyl (C=O) groups excluding carboxylic acids is 2. The largest absolute Gasteiger partial charge is 0.494 e. The van der Waals surface area contributed by atoms with Crippen LogP contribution in [0.5, 0.6) is 0 Å². The third-order valence-corrected chi connectivity index (χ3v) is 13.7. The fraction of sp³-hybridized carbons (Fsp3) is 0.634. The number of piperidine rings is 1. The minimum atomic E-state index is -1.36. The number of aromatic nitrogens is 4. The molecule has 3 aromatic heterocycles. The zero-order valence-corrected chi connectivity index (χ0v) is 38.2. The second-order valence-corrected chi connectivity index (χ2v) is 29.9. The Balaban J connectivity index is 1.66. The van der Waals surface area contributed by atoms with Crippen molar-refractivity contribution in [1.82, 2.24) is 29.8 Å². The number of nitrogens with zero attached hydrogens (tertiary/aromatic N) is 6. The van der Waals surface area contributed by atoms with E-state index in [2.05, 4.69) is 66.4 Å². The molecule has 3 aromatic rings. The summed E-state index contributed by atoms with van der Waals surface area (Å²) in [6.07, 6.45) is 6.50. The maximum Gasteiger partial charge on any atom is 0.410 e. The lowest BCUT2D eigenvalue weighted by Crippen LogP contribution is -2.48. The fourth-order valence-corrected chi connectivity index (χ4v) is 8.90. The minimum Gasteiger partial charge on any atom is -0.494 e. The molecule has 314 valence electrons. The number of ether oxygens (including phenoxy) is 4. The summed E-state index contributed by atoms with van der Waals surface area (Å²) < 4.78 is 26.9. The molecule has 2 bridgehead atoms. The number of amides is 3. The van der Waals surface area contributed by atoms with Crippen LogP contribution in [-0.2, 0) is 18.9 Å². The number of pyridine rings is 1. The van der Waals surface area contributed by atoms with Gasteiger partial charge in [0.2, 0.25) is 0 Å².